The van der Waals surface area contributed by atoms with Gasteiger partial charge in [-0.15, -0.1) is 0 Å². The van der Waals surface area contributed by atoms with Gasteiger partial charge in [-0.25, -0.2) is 0 Å². The maximum atomic E-state index is 12.7. The molecule has 1 rings (SSSR count). The summed E-state index contributed by atoms with van der Waals surface area (Å²) < 4.78 is 42.6. The molecule has 0 saturated carbocycles. The second-order valence-corrected chi connectivity index (χ2v) is 3.63. The third-order valence-corrected chi connectivity index (χ3v) is 2.13. The Morgan fingerprint density at radius 1 is 1.58 bits per heavy atom. The lowest BCUT2D eigenvalue weighted by molar-refractivity contribution is -0.163. The van der Waals surface area contributed by atoms with Crippen molar-refractivity contribution in [1.29, 1.82) is 0 Å². The van der Waals surface area contributed by atoms with Crippen molar-refractivity contribution in [2.45, 2.75) is 25.6 Å². The molecule has 0 aromatic carbocycles. The van der Waals surface area contributed by atoms with E-state index in [0.717, 1.165) is 6.21 Å². The molecule has 0 aliphatic rings. The highest BCUT2D eigenvalue weighted by molar-refractivity contribution is 5.79. The van der Waals surface area contributed by atoms with Crippen molar-refractivity contribution in [2.24, 2.45) is 4.99 Å². The van der Waals surface area contributed by atoms with Crippen molar-refractivity contribution in [3.63, 3.8) is 0 Å². The zero-order valence-corrected chi connectivity index (χ0v) is 10.2. The van der Waals surface area contributed by atoms with Crippen LogP contribution in [-0.2, 0) is 9.53 Å². The molecule has 0 saturated heterocycles. The van der Waals surface area contributed by atoms with Crippen LogP contribution in [0.15, 0.2) is 29.5 Å². The predicted octanol–water partition coefficient (Wildman–Crippen LogP) is 2.38. The van der Waals surface area contributed by atoms with E-state index >= 15 is 0 Å². The number of aliphatic imine (C=N–C) groups is 1. The van der Waals surface area contributed by atoms with Gasteiger partial charge in [-0.05, 0) is 13.0 Å². The Morgan fingerprint density at radius 2 is 2.32 bits per heavy atom. The van der Waals surface area contributed by atoms with Crippen LogP contribution in [0.3, 0.4) is 0 Å². The molecule has 1 atom stereocenters. The molecule has 1 aromatic heterocycles. The van der Waals surface area contributed by atoms with Crippen LogP contribution < -0.4 is 0 Å². The monoisotopic (exact) mass is 274 g/mol. The van der Waals surface area contributed by atoms with Gasteiger partial charge in [-0.3, -0.25) is 14.8 Å². The van der Waals surface area contributed by atoms with Gasteiger partial charge in [0.05, 0.1) is 13.0 Å². The average molecular weight is 274 g/mol. The molecule has 0 bridgehead atoms. The highest BCUT2D eigenvalue weighted by Gasteiger charge is 2.40. The Balaban J connectivity index is 2.76. The summed E-state index contributed by atoms with van der Waals surface area (Å²) in [6.45, 7) is 1.56. The summed E-state index contributed by atoms with van der Waals surface area (Å²) in [5, 5.41) is 0. The van der Waals surface area contributed by atoms with Crippen molar-refractivity contribution >= 4 is 12.2 Å². The van der Waals surface area contributed by atoms with E-state index in [1.807, 2.05) is 0 Å². The Morgan fingerprint density at radius 3 is 2.84 bits per heavy atom. The number of pyridine rings is 1. The Kier molecular flexibility index (Phi) is 5.47. The minimum atomic E-state index is -4.59. The van der Waals surface area contributed by atoms with Gasteiger partial charge in [0, 0.05) is 24.2 Å². The van der Waals surface area contributed by atoms with E-state index in [0.29, 0.717) is 5.56 Å². The largest absolute Gasteiger partial charge is 0.466 e. The van der Waals surface area contributed by atoms with E-state index in [1.165, 1.54) is 19.3 Å². The minimum absolute atomic E-state index is 0.0374. The number of hydrogen-bond donors (Lipinski definition) is 0. The van der Waals surface area contributed by atoms with E-state index in [1.54, 1.807) is 12.1 Å². The van der Waals surface area contributed by atoms with E-state index in [-0.39, 0.29) is 6.61 Å². The third kappa shape index (κ3) is 5.50. The van der Waals surface area contributed by atoms with Gasteiger partial charge < -0.3 is 4.74 Å². The number of aromatic nitrogens is 1. The normalized spacial score (nSPS) is 13.5. The molecule has 0 radical (unpaired) electrons. The molecule has 0 amide bonds. The van der Waals surface area contributed by atoms with Crippen LogP contribution in [0.2, 0.25) is 0 Å². The van der Waals surface area contributed by atoms with Crippen molar-refractivity contribution in [3.05, 3.63) is 30.1 Å². The lowest BCUT2D eigenvalue weighted by Crippen LogP contribution is -2.30. The van der Waals surface area contributed by atoms with Crippen LogP contribution in [-0.4, -0.2) is 36.0 Å². The quantitative estimate of drug-likeness (QED) is 0.612. The maximum absolute atomic E-state index is 12.7. The zero-order valence-electron chi connectivity index (χ0n) is 10.2. The lowest BCUT2D eigenvalue weighted by atomic mass is 10.2. The van der Waals surface area contributed by atoms with Crippen molar-refractivity contribution in [3.8, 4) is 0 Å². The fourth-order valence-electron chi connectivity index (χ4n) is 1.26. The summed E-state index contributed by atoms with van der Waals surface area (Å²) in [4.78, 5) is 18.3. The number of ether oxygens (including phenoxy) is 1. The standard InChI is InChI=1S/C12H13F3N2O2/c1-2-19-11(18)6-10(12(13,14)15)17-8-9-4-3-5-16-7-9/h3-5,7-8,10H,2,6H2,1H3. The molecule has 104 valence electrons. The van der Waals surface area contributed by atoms with Crippen LogP contribution >= 0.6 is 0 Å². The van der Waals surface area contributed by atoms with Gasteiger partial charge in [0.1, 0.15) is 0 Å². The van der Waals surface area contributed by atoms with E-state index in [9.17, 15) is 18.0 Å². The number of halogens is 3. The first kappa shape index (κ1) is 15.1. The second kappa shape index (κ2) is 6.86. The Hall–Kier alpha value is -1.92. The summed E-state index contributed by atoms with van der Waals surface area (Å²) in [6, 6.07) is 1.04. The predicted molar refractivity (Wildman–Crippen MR) is 62.9 cm³/mol. The number of carbonyl (C=O) groups is 1. The second-order valence-electron chi connectivity index (χ2n) is 3.63. The molecule has 0 spiro atoms. The SMILES string of the molecule is CCOC(=O)CC(N=Cc1cccnc1)C(F)(F)F. The minimum Gasteiger partial charge on any atom is -0.466 e. The lowest BCUT2D eigenvalue weighted by Gasteiger charge is -2.15. The highest BCUT2D eigenvalue weighted by Crippen LogP contribution is 2.25. The molecule has 7 heteroatoms. The molecule has 1 aromatic rings. The van der Waals surface area contributed by atoms with E-state index in [2.05, 4.69) is 14.7 Å². The number of alkyl halides is 3. The number of esters is 1. The highest BCUT2D eigenvalue weighted by atomic mass is 19.4. The topological polar surface area (TPSA) is 51.5 Å². The number of hydrogen-bond acceptors (Lipinski definition) is 4. The average Bonchev–Trinajstić information content (AvgIpc) is 2.34. The first-order valence-corrected chi connectivity index (χ1v) is 5.59. The molecule has 0 aliphatic heterocycles. The molecule has 4 nitrogen and oxygen atoms in total. The first-order valence-electron chi connectivity index (χ1n) is 5.59. The fraction of sp³-hybridized carbons (Fsp3) is 0.417. The fourth-order valence-corrected chi connectivity index (χ4v) is 1.26. The number of carbonyl (C=O) groups excluding carboxylic acids is 1. The summed E-state index contributed by atoms with van der Waals surface area (Å²) in [5.74, 6) is -0.923. The first-order chi connectivity index (χ1) is 8.93. The summed E-state index contributed by atoms with van der Waals surface area (Å²) in [5.41, 5.74) is 0.431. The third-order valence-electron chi connectivity index (χ3n) is 2.13. The van der Waals surface area contributed by atoms with Gasteiger partial charge in [-0.2, -0.15) is 13.2 Å². The van der Waals surface area contributed by atoms with Crippen LogP contribution in [0.5, 0.6) is 0 Å². The summed E-state index contributed by atoms with van der Waals surface area (Å²) in [7, 11) is 0. The van der Waals surface area contributed by atoms with Gasteiger partial charge in [0.15, 0.2) is 6.04 Å². The molecule has 19 heavy (non-hydrogen) atoms. The smallest absolute Gasteiger partial charge is 0.411 e. The summed E-state index contributed by atoms with van der Waals surface area (Å²) in [6.07, 6.45) is -1.50. The number of nitrogens with zero attached hydrogens (tertiary/aromatic N) is 2. The maximum Gasteiger partial charge on any atom is 0.411 e. The van der Waals surface area contributed by atoms with Gasteiger partial charge in [-0.1, -0.05) is 6.07 Å². The van der Waals surface area contributed by atoms with Crippen molar-refractivity contribution in [1.82, 2.24) is 4.98 Å². The van der Waals surface area contributed by atoms with Crippen molar-refractivity contribution < 1.29 is 22.7 Å². The Bertz CT molecular complexity index is 432. The van der Waals surface area contributed by atoms with Gasteiger partial charge >= 0.3 is 12.1 Å². The Labute approximate surface area is 108 Å². The van der Waals surface area contributed by atoms with Crippen LogP contribution in [0, 0.1) is 0 Å². The molecule has 0 aliphatic carbocycles. The van der Waals surface area contributed by atoms with E-state index in [4.69, 9.17) is 0 Å². The molecule has 0 N–H and O–H groups in total. The summed E-state index contributed by atoms with van der Waals surface area (Å²) >= 11 is 0. The molecule has 0 fully saturated rings. The molecule has 1 heterocycles. The molecular formula is C12H13F3N2O2. The van der Waals surface area contributed by atoms with Crippen LogP contribution in [0.4, 0.5) is 13.2 Å². The zero-order chi connectivity index (χ0) is 14.3. The molecular weight excluding hydrogens is 261 g/mol. The van der Waals surface area contributed by atoms with Gasteiger partial charge in [0.2, 0.25) is 0 Å². The van der Waals surface area contributed by atoms with Crippen LogP contribution in [0.25, 0.3) is 0 Å². The van der Waals surface area contributed by atoms with E-state index < -0.39 is 24.6 Å². The van der Waals surface area contributed by atoms with Gasteiger partial charge in [0.25, 0.3) is 0 Å². The van der Waals surface area contributed by atoms with Crippen LogP contribution in [0.1, 0.15) is 18.9 Å². The molecule has 1 unspecified atom stereocenters. The number of rotatable bonds is 5. The van der Waals surface area contributed by atoms with Crippen molar-refractivity contribution in [2.75, 3.05) is 6.61 Å².